The monoisotopic (exact) mass is 384 g/mol. The number of alkyl halides is 3. The second-order valence-corrected chi connectivity index (χ2v) is 6.44. The molecule has 0 aliphatic carbocycles. The Balaban J connectivity index is 1.95. The first kappa shape index (κ1) is 18.2. The van der Waals surface area contributed by atoms with Crippen LogP contribution >= 0.6 is 0 Å². The van der Waals surface area contributed by atoms with Crippen molar-refractivity contribution in [1.29, 1.82) is 0 Å². The number of aliphatic hydroxyl groups excluding tert-OH is 1. The molecule has 1 N–H and O–H groups in total. The van der Waals surface area contributed by atoms with Crippen LogP contribution in [0.25, 0.3) is 33.5 Å². The maximum atomic E-state index is 13.1. The molecule has 0 spiro atoms. The third-order valence-corrected chi connectivity index (χ3v) is 4.50. The van der Waals surface area contributed by atoms with E-state index in [4.69, 9.17) is 4.52 Å². The molecule has 0 fully saturated rings. The average Bonchev–Trinajstić information content (AvgIpc) is 3.08. The van der Waals surface area contributed by atoms with Crippen LogP contribution in [0.15, 0.2) is 59.1 Å². The van der Waals surface area contributed by atoms with Crippen LogP contribution in [0.4, 0.5) is 13.2 Å². The van der Waals surface area contributed by atoms with Crippen molar-refractivity contribution in [2.45, 2.75) is 19.7 Å². The summed E-state index contributed by atoms with van der Waals surface area (Å²) in [4.78, 5) is 4.48. The highest BCUT2D eigenvalue weighted by Crippen LogP contribution is 2.36. The van der Waals surface area contributed by atoms with Crippen LogP contribution in [0, 0.1) is 6.92 Å². The van der Waals surface area contributed by atoms with Crippen LogP contribution < -0.4 is 0 Å². The molecule has 4 rings (SSSR count). The molecule has 0 aliphatic heterocycles. The Bertz CT molecular complexity index is 1170. The molecule has 0 aliphatic rings. The number of aromatic nitrogens is 2. The highest BCUT2D eigenvalue weighted by Gasteiger charge is 2.30. The van der Waals surface area contributed by atoms with Crippen molar-refractivity contribution in [2.24, 2.45) is 0 Å². The predicted octanol–water partition coefficient (Wildman–Crippen LogP) is 5.38. The van der Waals surface area contributed by atoms with E-state index in [-0.39, 0.29) is 6.61 Å². The van der Waals surface area contributed by atoms with Gasteiger partial charge in [-0.2, -0.15) is 13.2 Å². The first-order chi connectivity index (χ1) is 13.4. The van der Waals surface area contributed by atoms with Crippen LogP contribution in [0.3, 0.4) is 0 Å². The van der Waals surface area contributed by atoms with Crippen LogP contribution in [-0.4, -0.2) is 15.2 Å². The van der Waals surface area contributed by atoms with Gasteiger partial charge in [0.05, 0.1) is 17.9 Å². The van der Waals surface area contributed by atoms with Gasteiger partial charge in [0.25, 0.3) is 0 Å². The molecule has 0 saturated heterocycles. The van der Waals surface area contributed by atoms with E-state index >= 15 is 0 Å². The highest BCUT2D eigenvalue weighted by molar-refractivity contribution is 5.93. The molecule has 0 atom stereocenters. The quantitative estimate of drug-likeness (QED) is 0.515. The smallest absolute Gasteiger partial charge is 0.392 e. The van der Waals surface area contributed by atoms with E-state index in [9.17, 15) is 18.3 Å². The number of halogens is 3. The van der Waals surface area contributed by atoms with Crippen LogP contribution in [-0.2, 0) is 12.8 Å². The topological polar surface area (TPSA) is 59.2 Å². The molecule has 4 aromatic rings. The molecular formula is C21H15F3N2O2. The molecule has 0 saturated carbocycles. The summed E-state index contributed by atoms with van der Waals surface area (Å²) < 4.78 is 44.8. The van der Waals surface area contributed by atoms with E-state index in [1.165, 1.54) is 6.07 Å². The fraction of sp³-hybridized carbons (Fsp3) is 0.143. The van der Waals surface area contributed by atoms with E-state index in [1.807, 2.05) is 6.07 Å². The second kappa shape index (κ2) is 6.76. The summed E-state index contributed by atoms with van der Waals surface area (Å²) in [7, 11) is 0. The molecule has 2 aromatic heterocycles. The van der Waals surface area contributed by atoms with Crippen LogP contribution in [0.1, 0.15) is 16.8 Å². The molecular weight excluding hydrogens is 369 g/mol. The van der Waals surface area contributed by atoms with Gasteiger partial charge < -0.3 is 9.63 Å². The third-order valence-electron chi connectivity index (χ3n) is 4.50. The van der Waals surface area contributed by atoms with Crippen molar-refractivity contribution in [3.8, 4) is 22.4 Å². The Morgan fingerprint density at radius 3 is 2.50 bits per heavy atom. The molecule has 28 heavy (non-hydrogen) atoms. The number of benzene rings is 2. The number of nitrogens with zero attached hydrogens (tertiary/aromatic N) is 2. The van der Waals surface area contributed by atoms with E-state index in [0.29, 0.717) is 39.2 Å². The lowest BCUT2D eigenvalue weighted by molar-refractivity contribution is -0.137. The minimum absolute atomic E-state index is 0.127. The number of aryl methyl sites for hydroxylation is 1. The zero-order valence-corrected chi connectivity index (χ0v) is 14.8. The number of aliphatic hydroxyl groups is 1. The summed E-state index contributed by atoms with van der Waals surface area (Å²) in [6.45, 7) is 1.60. The summed E-state index contributed by atoms with van der Waals surface area (Å²) in [6.07, 6.45) is -4.44. The lowest BCUT2D eigenvalue weighted by Crippen LogP contribution is -2.04. The molecule has 0 radical (unpaired) electrons. The van der Waals surface area contributed by atoms with Gasteiger partial charge in [-0.25, -0.2) is 4.98 Å². The standard InChI is InChI=1S/C21H15F3N2O2/c1-12-19-20(28-26-12)17(14-5-2-4-13(8-14)11-27)10-18(25-19)15-6-3-7-16(9-15)21(22,23)24/h2-10,27H,11H2,1H3. The fourth-order valence-corrected chi connectivity index (χ4v) is 3.08. The number of fused-ring (bicyclic) bond motifs is 1. The molecule has 4 nitrogen and oxygen atoms in total. The number of hydrogen-bond donors (Lipinski definition) is 1. The molecule has 7 heteroatoms. The first-order valence-corrected chi connectivity index (χ1v) is 8.51. The number of hydrogen-bond acceptors (Lipinski definition) is 4. The second-order valence-electron chi connectivity index (χ2n) is 6.44. The Morgan fingerprint density at radius 2 is 1.75 bits per heavy atom. The van der Waals surface area contributed by atoms with Gasteiger partial charge >= 0.3 is 6.18 Å². The van der Waals surface area contributed by atoms with E-state index in [0.717, 1.165) is 17.7 Å². The van der Waals surface area contributed by atoms with Gasteiger partial charge in [-0.05, 0) is 42.3 Å². The Hall–Kier alpha value is -3.19. The van der Waals surface area contributed by atoms with Crippen molar-refractivity contribution in [3.63, 3.8) is 0 Å². The van der Waals surface area contributed by atoms with E-state index in [1.54, 1.807) is 37.3 Å². The average molecular weight is 384 g/mol. The van der Waals surface area contributed by atoms with Crippen LogP contribution in [0.5, 0.6) is 0 Å². The maximum absolute atomic E-state index is 13.1. The summed E-state index contributed by atoms with van der Waals surface area (Å²) in [5.74, 6) is 0. The van der Waals surface area contributed by atoms with Gasteiger partial charge in [-0.1, -0.05) is 35.5 Å². The van der Waals surface area contributed by atoms with Gasteiger partial charge in [-0.15, -0.1) is 0 Å². The SMILES string of the molecule is Cc1noc2c(-c3cccc(CO)c3)cc(-c3cccc(C(F)(F)F)c3)nc12. The van der Waals surface area contributed by atoms with E-state index < -0.39 is 11.7 Å². The molecule has 0 bridgehead atoms. The zero-order chi connectivity index (χ0) is 19.9. The van der Waals surface area contributed by atoms with Gasteiger partial charge in [0, 0.05) is 11.1 Å². The largest absolute Gasteiger partial charge is 0.416 e. The lowest BCUT2D eigenvalue weighted by atomic mass is 9.99. The predicted molar refractivity (Wildman–Crippen MR) is 98.3 cm³/mol. The van der Waals surface area contributed by atoms with Crippen molar-refractivity contribution in [2.75, 3.05) is 0 Å². The summed E-state index contributed by atoms with van der Waals surface area (Å²) in [5, 5.41) is 13.4. The summed E-state index contributed by atoms with van der Waals surface area (Å²) in [6, 6.07) is 13.9. The minimum Gasteiger partial charge on any atom is -0.392 e. The van der Waals surface area contributed by atoms with Gasteiger partial charge in [0.2, 0.25) is 0 Å². The summed E-state index contributed by atoms with van der Waals surface area (Å²) in [5.41, 5.74) is 3.57. The maximum Gasteiger partial charge on any atom is 0.416 e. The zero-order valence-electron chi connectivity index (χ0n) is 14.8. The van der Waals surface area contributed by atoms with Crippen molar-refractivity contribution >= 4 is 11.1 Å². The third kappa shape index (κ3) is 3.25. The molecule has 2 heterocycles. The fourth-order valence-electron chi connectivity index (χ4n) is 3.08. The van der Waals surface area contributed by atoms with Gasteiger partial charge in [0.15, 0.2) is 5.58 Å². The Morgan fingerprint density at radius 1 is 1.00 bits per heavy atom. The lowest BCUT2D eigenvalue weighted by Gasteiger charge is -2.10. The number of rotatable bonds is 3. The molecule has 0 unspecified atom stereocenters. The van der Waals surface area contributed by atoms with Crippen molar-refractivity contribution in [3.05, 3.63) is 71.4 Å². The molecule has 2 aromatic carbocycles. The van der Waals surface area contributed by atoms with Crippen molar-refractivity contribution in [1.82, 2.24) is 10.1 Å². The normalized spacial score (nSPS) is 11.9. The summed E-state index contributed by atoms with van der Waals surface area (Å²) >= 11 is 0. The minimum atomic E-state index is -4.44. The Kier molecular flexibility index (Phi) is 4.39. The number of pyridine rings is 1. The van der Waals surface area contributed by atoms with Gasteiger partial charge in [0.1, 0.15) is 11.2 Å². The Labute approximate surface area is 158 Å². The van der Waals surface area contributed by atoms with Gasteiger partial charge in [-0.3, -0.25) is 0 Å². The van der Waals surface area contributed by atoms with Crippen LogP contribution in [0.2, 0.25) is 0 Å². The highest BCUT2D eigenvalue weighted by atomic mass is 19.4. The molecule has 0 amide bonds. The molecule has 142 valence electrons. The first-order valence-electron chi connectivity index (χ1n) is 8.51. The van der Waals surface area contributed by atoms with Crippen molar-refractivity contribution < 1.29 is 22.8 Å². The van der Waals surface area contributed by atoms with E-state index in [2.05, 4.69) is 10.1 Å².